The third kappa shape index (κ3) is 3.17. The maximum absolute atomic E-state index is 12.8. The van der Waals surface area contributed by atoms with Gasteiger partial charge in [-0.25, -0.2) is 0 Å². The molecule has 3 N–H and O–H groups in total. The average Bonchev–Trinajstić information content (AvgIpc) is 2.74. The molecule has 0 aromatic heterocycles. The van der Waals surface area contributed by atoms with Gasteiger partial charge in [0.1, 0.15) is 0 Å². The van der Waals surface area contributed by atoms with Crippen molar-refractivity contribution < 1.29 is 18.3 Å². The molecule has 1 aliphatic rings. The summed E-state index contributed by atoms with van der Waals surface area (Å²) in [4.78, 5) is 1.65. The molecular weight excluding hydrogens is 269 g/mol. The molecule has 0 spiro atoms. The minimum Gasteiger partial charge on any atom is -0.398 e. The predicted molar refractivity (Wildman–Crippen MR) is 72.5 cm³/mol. The van der Waals surface area contributed by atoms with Crippen LogP contribution >= 0.6 is 0 Å². The maximum atomic E-state index is 12.8. The van der Waals surface area contributed by atoms with E-state index in [-0.39, 0.29) is 5.69 Å². The van der Waals surface area contributed by atoms with E-state index in [9.17, 15) is 18.3 Å². The highest BCUT2D eigenvalue weighted by Crippen LogP contribution is 2.37. The molecule has 1 aromatic carbocycles. The Bertz CT molecular complexity index is 482. The number of hydrogen-bond acceptors (Lipinski definition) is 3. The zero-order valence-corrected chi connectivity index (χ0v) is 11.4. The number of rotatable bonds is 3. The molecule has 20 heavy (non-hydrogen) atoms. The third-order valence-electron chi connectivity index (χ3n) is 3.85. The van der Waals surface area contributed by atoms with E-state index in [1.54, 1.807) is 18.0 Å². The van der Waals surface area contributed by atoms with E-state index in [2.05, 4.69) is 0 Å². The van der Waals surface area contributed by atoms with Crippen molar-refractivity contribution in [2.24, 2.45) is 0 Å². The number of anilines is 2. The van der Waals surface area contributed by atoms with Gasteiger partial charge in [0.2, 0.25) is 0 Å². The van der Waals surface area contributed by atoms with Crippen molar-refractivity contribution in [1.82, 2.24) is 0 Å². The molecule has 2 rings (SSSR count). The number of likely N-dealkylation sites (N-methyl/N-ethyl adjacent to an activating group) is 1. The molecule has 0 heterocycles. The lowest BCUT2D eigenvalue weighted by Crippen LogP contribution is -2.39. The Hall–Kier alpha value is -1.43. The Labute approximate surface area is 116 Å². The first-order valence-corrected chi connectivity index (χ1v) is 6.61. The topological polar surface area (TPSA) is 49.5 Å². The second-order valence-electron chi connectivity index (χ2n) is 5.56. The van der Waals surface area contributed by atoms with Gasteiger partial charge in [-0.05, 0) is 31.0 Å². The van der Waals surface area contributed by atoms with Crippen LogP contribution in [0.25, 0.3) is 0 Å². The number of aliphatic hydroxyl groups is 1. The third-order valence-corrected chi connectivity index (χ3v) is 3.85. The first-order chi connectivity index (χ1) is 9.21. The second kappa shape index (κ2) is 5.16. The summed E-state index contributed by atoms with van der Waals surface area (Å²) in [5.41, 5.74) is 3.87. The quantitative estimate of drug-likeness (QED) is 0.841. The molecule has 0 aliphatic heterocycles. The summed E-state index contributed by atoms with van der Waals surface area (Å²) in [5.74, 6) is 0. The summed E-state index contributed by atoms with van der Waals surface area (Å²) in [6, 6.07) is 3.84. The van der Waals surface area contributed by atoms with Gasteiger partial charge in [0.15, 0.2) is 0 Å². The summed E-state index contributed by atoms with van der Waals surface area (Å²) in [5, 5.41) is 10.3. The number of benzene rings is 1. The Morgan fingerprint density at radius 3 is 2.45 bits per heavy atom. The van der Waals surface area contributed by atoms with Crippen molar-refractivity contribution in [3.8, 4) is 0 Å². The highest BCUT2D eigenvalue weighted by atomic mass is 19.4. The smallest absolute Gasteiger partial charge is 0.398 e. The summed E-state index contributed by atoms with van der Waals surface area (Å²) < 4.78 is 38.5. The van der Waals surface area contributed by atoms with Crippen LogP contribution in [0, 0.1) is 0 Å². The van der Waals surface area contributed by atoms with Crippen molar-refractivity contribution in [3.05, 3.63) is 23.8 Å². The molecule has 0 amide bonds. The number of alkyl halides is 3. The number of nitrogens with zero attached hydrogens (tertiary/aromatic N) is 1. The molecule has 0 atom stereocenters. The van der Waals surface area contributed by atoms with Crippen LogP contribution in [0.4, 0.5) is 24.5 Å². The monoisotopic (exact) mass is 288 g/mol. The van der Waals surface area contributed by atoms with E-state index in [4.69, 9.17) is 5.73 Å². The summed E-state index contributed by atoms with van der Waals surface area (Å²) in [6.07, 6.45) is -1.16. The van der Waals surface area contributed by atoms with Crippen LogP contribution in [-0.4, -0.2) is 24.3 Å². The number of nitrogens with two attached hydrogens (primary N) is 1. The molecular formula is C14H19F3N2O. The van der Waals surface area contributed by atoms with Gasteiger partial charge < -0.3 is 15.7 Å². The fourth-order valence-electron chi connectivity index (χ4n) is 2.75. The molecule has 1 fully saturated rings. The van der Waals surface area contributed by atoms with Gasteiger partial charge in [0.05, 0.1) is 11.2 Å². The van der Waals surface area contributed by atoms with Crippen LogP contribution in [0.15, 0.2) is 18.2 Å². The average molecular weight is 288 g/mol. The largest absolute Gasteiger partial charge is 0.418 e. The summed E-state index contributed by atoms with van der Waals surface area (Å²) in [6.45, 7) is 0.328. The van der Waals surface area contributed by atoms with E-state index in [1.165, 1.54) is 6.07 Å². The van der Waals surface area contributed by atoms with Crippen LogP contribution in [0.3, 0.4) is 0 Å². The van der Waals surface area contributed by atoms with Gasteiger partial charge in [0, 0.05) is 25.0 Å². The molecule has 1 aliphatic carbocycles. The van der Waals surface area contributed by atoms with Crippen molar-refractivity contribution in [2.45, 2.75) is 37.5 Å². The van der Waals surface area contributed by atoms with Crippen molar-refractivity contribution in [1.29, 1.82) is 0 Å². The molecule has 0 unspecified atom stereocenters. The number of nitrogen functional groups attached to an aromatic ring is 1. The van der Waals surface area contributed by atoms with Crippen LogP contribution < -0.4 is 10.6 Å². The normalized spacial score (nSPS) is 18.2. The van der Waals surface area contributed by atoms with Gasteiger partial charge in [-0.1, -0.05) is 12.8 Å². The lowest BCUT2D eigenvalue weighted by atomic mass is 10.0. The van der Waals surface area contributed by atoms with Gasteiger partial charge in [0.25, 0.3) is 0 Å². The second-order valence-corrected chi connectivity index (χ2v) is 5.56. The standard InChI is InChI=1S/C14H19F3N2O/c1-19(9-13(20)6-2-3-7-13)10-4-5-12(18)11(8-10)14(15,16)17/h4-5,8,20H,2-3,6-7,9,18H2,1H3. The van der Waals surface area contributed by atoms with Crippen LogP contribution in [0.1, 0.15) is 31.2 Å². The zero-order valence-electron chi connectivity index (χ0n) is 11.4. The van der Waals surface area contributed by atoms with Gasteiger partial charge in [-0.3, -0.25) is 0 Å². The fourth-order valence-corrected chi connectivity index (χ4v) is 2.75. The van der Waals surface area contributed by atoms with Crippen LogP contribution in [0.5, 0.6) is 0 Å². The molecule has 6 heteroatoms. The predicted octanol–water partition coefficient (Wildman–Crippen LogP) is 3.03. The Balaban J connectivity index is 2.20. The molecule has 0 saturated heterocycles. The SMILES string of the molecule is CN(CC1(O)CCCC1)c1ccc(N)c(C(F)(F)F)c1. The molecule has 0 radical (unpaired) electrons. The molecule has 1 saturated carbocycles. The van der Waals surface area contributed by atoms with Gasteiger partial charge in [-0.15, -0.1) is 0 Å². The highest BCUT2D eigenvalue weighted by molar-refractivity contribution is 5.59. The van der Waals surface area contributed by atoms with Crippen LogP contribution in [0.2, 0.25) is 0 Å². The molecule has 1 aromatic rings. The Kier molecular flexibility index (Phi) is 3.86. The maximum Gasteiger partial charge on any atom is 0.418 e. The van der Waals surface area contributed by atoms with E-state index >= 15 is 0 Å². The minimum absolute atomic E-state index is 0.283. The first kappa shape index (κ1) is 15.0. The van der Waals surface area contributed by atoms with Crippen molar-refractivity contribution in [2.75, 3.05) is 24.2 Å². The van der Waals surface area contributed by atoms with E-state index in [1.807, 2.05) is 0 Å². The fraction of sp³-hybridized carbons (Fsp3) is 0.571. The zero-order chi connectivity index (χ0) is 15.0. The number of halogens is 3. The van der Waals surface area contributed by atoms with Crippen molar-refractivity contribution >= 4 is 11.4 Å². The Morgan fingerprint density at radius 1 is 1.30 bits per heavy atom. The van der Waals surface area contributed by atoms with Gasteiger partial charge in [-0.2, -0.15) is 13.2 Å². The molecule has 0 bridgehead atoms. The van der Waals surface area contributed by atoms with Crippen LogP contribution in [-0.2, 0) is 6.18 Å². The van der Waals surface area contributed by atoms with Crippen molar-refractivity contribution in [3.63, 3.8) is 0 Å². The molecule has 112 valence electrons. The van der Waals surface area contributed by atoms with E-state index < -0.39 is 17.3 Å². The summed E-state index contributed by atoms with van der Waals surface area (Å²) >= 11 is 0. The minimum atomic E-state index is -4.47. The molecule has 3 nitrogen and oxygen atoms in total. The summed E-state index contributed by atoms with van der Waals surface area (Å²) in [7, 11) is 1.68. The van der Waals surface area contributed by atoms with E-state index in [0.29, 0.717) is 25.1 Å². The van der Waals surface area contributed by atoms with Gasteiger partial charge >= 0.3 is 6.18 Å². The van der Waals surface area contributed by atoms with E-state index in [0.717, 1.165) is 18.9 Å². The lowest BCUT2D eigenvalue weighted by Gasteiger charge is -2.30. The highest BCUT2D eigenvalue weighted by Gasteiger charge is 2.35. The number of hydrogen-bond donors (Lipinski definition) is 2. The first-order valence-electron chi connectivity index (χ1n) is 6.61. The lowest BCUT2D eigenvalue weighted by molar-refractivity contribution is -0.136. The Morgan fingerprint density at radius 2 is 1.90 bits per heavy atom.